The summed E-state index contributed by atoms with van der Waals surface area (Å²) in [6.07, 6.45) is 45.8. The normalized spacial score (nSPS) is 13.7. The van der Waals surface area contributed by atoms with Gasteiger partial charge in [0.1, 0.15) is 0 Å². The van der Waals surface area contributed by atoms with E-state index in [1.807, 2.05) is 0 Å². The molecule has 0 amide bonds. The molecular weight excluding hydrogens is 448 g/mol. The van der Waals surface area contributed by atoms with E-state index in [4.69, 9.17) is 4.74 Å². The van der Waals surface area contributed by atoms with Crippen molar-refractivity contribution in [2.45, 2.75) is 207 Å². The minimum atomic E-state index is 0.428. The highest BCUT2D eigenvalue weighted by Gasteiger charge is 2.08. The van der Waals surface area contributed by atoms with E-state index < -0.39 is 0 Å². The maximum Gasteiger partial charge on any atom is 0.0550 e. The van der Waals surface area contributed by atoms with Crippen molar-refractivity contribution in [3.05, 3.63) is 24.3 Å². The molecule has 2 atom stereocenters. The highest BCUT2D eigenvalue weighted by atomic mass is 16.5. The smallest absolute Gasteiger partial charge is 0.0550 e. The van der Waals surface area contributed by atoms with E-state index in [1.165, 1.54) is 167 Å². The Morgan fingerprint density at radius 1 is 0.378 bits per heavy atom. The van der Waals surface area contributed by atoms with Crippen molar-refractivity contribution in [2.75, 3.05) is 0 Å². The van der Waals surface area contributed by atoms with Crippen molar-refractivity contribution in [3.63, 3.8) is 0 Å². The molecule has 0 radical (unpaired) electrons. The second-order valence-electron chi connectivity index (χ2n) is 11.8. The van der Waals surface area contributed by atoms with Gasteiger partial charge >= 0.3 is 0 Å². The Bertz CT molecular complexity index is 423. The molecule has 0 aliphatic carbocycles. The molecule has 0 aromatic rings. The van der Waals surface area contributed by atoms with E-state index >= 15 is 0 Å². The molecular formula is C36H70O. The zero-order valence-electron chi connectivity index (χ0n) is 26.3. The average molecular weight is 519 g/mol. The van der Waals surface area contributed by atoms with Gasteiger partial charge in [-0.3, -0.25) is 0 Å². The highest BCUT2D eigenvalue weighted by molar-refractivity contribution is 4.82. The van der Waals surface area contributed by atoms with Gasteiger partial charge in [0.2, 0.25) is 0 Å². The minimum Gasteiger partial charge on any atom is -0.376 e. The van der Waals surface area contributed by atoms with Crippen LogP contribution in [0, 0.1) is 0 Å². The Kier molecular flexibility index (Phi) is 31.2. The van der Waals surface area contributed by atoms with E-state index in [2.05, 4.69) is 52.0 Å². The number of allylic oxidation sites excluding steroid dienone is 4. The molecule has 1 nitrogen and oxygen atoms in total. The largest absolute Gasteiger partial charge is 0.376 e. The van der Waals surface area contributed by atoms with Crippen LogP contribution in [-0.2, 0) is 4.74 Å². The first kappa shape index (κ1) is 36.4. The van der Waals surface area contributed by atoms with E-state index in [0.29, 0.717) is 12.2 Å². The summed E-state index contributed by atoms with van der Waals surface area (Å²) >= 11 is 0. The molecule has 220 valence electrons. The van der Waals surface area contributed by atoms with Crippen molar-refractivity contribution in [1.82, 2.24) is 0 Å². The number of rotatable bonds is 30. The van der Waals surface area contributed by atoms with Crippen LogP contribution >= 0.6 is 0 Å². The van der Waals surface area contributed by atoms with E-state index in [9.17, 15) is 0 Å². The zero-order chi connectivity index (χ0) is 27.1. The van der Waals surface area contributed by atoms with Crippen molar-refractivity contribution in [2.24, 2.45) is 0 Å². The molecule has 0 N–H and O–H groups in total. The summed E-state index contributed by atoms with van der Waals surface area (Å²) in [5.41, 5.74) is 0. The van der Waals surface area contributed by atoms with Gasteiger partial charge in [0, 0.05) is 0 Å². The second kappa shape index (κ2) is 31.7. The monoisotopic (exact) mass is 519 g/mol. The minimum absolute atomic E-state index is 0.428. The van der Waals surface area contributed by atoms with Crippen molar-refractivity contribution < 1.29 is 4.74 Å². The molecule has 0 saturated carbocycles. The molecule has 0 fully saturated rings. The molecule has 0 saturated heterocycles. The number of hydrogen-bond acceptors (Lipinski definition) is 1. The maximum atomic E-state index is 6.26. The first-order chi connectivity index (χ1) is 18.2. The molecule has 0 aromatic heterocycles. The van der Waals surface area contributed by atoms with Crippen molar-refractivity contribution in [1.29, 1.82) is 0 Å². The Labute approximate surface area is 235 Å². The Morgan fingerprint density at radius 2 is 0.649 bits per heavy atom. The van der Waals surface area contributed by atoms with Crippen LogP contribution in [0.3, 0.4) is 0 Å². The van der Waals surface area contributed by atoms with Crippen LogP contribution in [-0.4, -0.2) is 12.2 Å². The molecule has 0 heterocycles. The van der Waals surface area contributed by atoms with E-state index in [1.54, 1.807) is 0 Å². The molecule has 2 unspecified atom stereocenters. The summed E-state index contributed by atoms with van der Waals surface area (Å²) in [6, 6.07) is 0. The van der Waals surface area contributed by atoms with Crippen LogP contribution in [0.25, 0.3) is 0 Å². The summed E-state index contributed by atoms with van der Waals surface area (Å²) in [4.78, 5) is 0. The van der Waals surface area contributed by atoms with Crippen LogP contribution in [0.1, 0.15) is 195 Å². The summed E-state index contributed by atoms with van der Waals surface area (Å²) in [6.45, 7) is 9.13. The third kappa shape index (κ3) is 31.6. The van der Waals surface area contributed by atoms with Gasteiger partial charge in [-0.2, -0.15) is 0 Å². The highest BCUT2D eigenvalue weighted by Crippen LogP contribution is 2.16. The standard InChI is InChI=1S/C36H70O/c1-5-7-9-11-13-15-17-19-21-23-25-27-29-31-33-35(3)37-36(4)34-32-30-28-26-24-22-20-18-16-14-12-10-8-6-2/h15-18,35-36H,5-14,19-34H2,1-4H3. The van der Waals surface area contributed by atoms with Crippen LogP contribution in [0.4, 0.5) is 0 Å². The predicted octanol–water partition coefficient (Wildman–Crippen LogP) is 13.1. The van der Waals surface area contributed by atoms with Gasteiger partial charge in [0.25, 0.3) is 0 Å². The Morgan fingerprint density at radius 3 is 0.973 bits per heavy atom. The number of ether oxygens (including phenoxy) is 1. The van der Waals surface area contributed by atoms with Gasteiger partial charge in [-0.1, -0.05) is 141 Å². The van der Waals surface area contributed by atoms with Crippen LogP contribution in [0.5, 0.6) is 0 Å². The molecule has 0 aliphatic heterocycles. The number of hydrogen-bond donors (Lipinski definition) is 0. The second-order valence-corrected chi connectivity index (χ2v) is 11.8. The molecule has 37 heavy (non-hydrogen) atoms. The van der Waals surface area contributed by atoms with Gasteiger partial charge in [0.15, 0.2) is 0 Å². The van der Waals surface area contributed by atoms with Crippen molar-refractivity contribution >= 4 is 0 Å². The SMILES string of the molecule is CCCCCCC=CCCCCCCCCC(C)OC(C)CCCCCCCCC=CCCCCCC. The molecule has 1 heteroatoms. The summed E-state index contributed by atoms with van der Waals surface area (Å²) in [7, 11) is 0. The predicted molar refractivity (Wildman–Crippen MR) is 170 cm³/mol. The van der Waals surface area contributed by atoms with E-state index in [-0.39, 0.29) is 0 Å². The fourth-order valence-electron chi connectivity index (χ4n) is 5.18. The van der Waals surface area contributed by atoms with Gasteiger partial charge in [-0.15, -0.1) is 0 Å². The molecule has 0 aliphatic rings. The average Bonchev–Trinajstić information content (AvgIpc) is 2.89. The molecule has 0 rings (SSSR count). The molecule has 0 aromatic carbocycles. The van der Waals surface area contributed by atoms with Crippen molar-refractivity contribution in [3.8, 4) is 0 Å². The Balaban J connectivity index is 3.35. The van der Waals surface area contributed by atoms with Crippen LogP contribution < -0.4 is 0 Å². The van der Waals surface area contributed by atoms with Gasteiger partial charge in [-0.05, 0) is 78.1 Å². The molecule has 0 bridgehead atoms. The summed E-state index contributed by atoms with van der Waals surface area (Å²) < 4.78 is 6.26. The number of unbranched alkanes of at least 4 members (excludes halogenated alkanes) is 20. The lowest BCUT2D eigenvalue weighted by Gasteiger charge is -2.19. The van der Waals surface area contributed by atoms with Crippen LogP contribution in [0.2, 0.25) is 0 Å². The zero-order valence-corrected chi connectivity index (χ0v) is 26.3. The fourth-order valence-corrected chi connectivity index (χ4v) is 5.18. The lowest BCUT2D eigenvalue weighted by Crippen LogP contribution is -2.17. The van der Waals surface area contributed by atoms with E-state index in [0.717, 1.165) is 0 Å². The first-order valence-corrected chi connectivity index (χ1v) is 17.2. The molecule has 0 spiro atoms. The third-order valence-electron chi connectivity index (χ3n) is 7.71. The van der Waals surface area contributed by atoms with Crippen LogP contribution in [0.15, 0.2) is 24.3 Å². The topological polar surface area (TPSA) is 9.23 Å². The van der Waals surface area contributed by atoms with Gasteiger partial charge in [-0.25, -0.2) is 0 Å². The lowest BCUT2D eigenvalue weighted by molar-refractivity contribution is -0.00232. The van der Waals surface area contributed by atoms with Gasteiger partial charge in [0.05, 0.1) is 12.2 Å². The fraction of sp³-hybridized carbons (Fsp3) is 0.889. The first-order valence-electron chi connectivity index (χ1n) is 17.2. The third-order valence-corrected chi connectivity index (χ3v) is 7.71. The van der Waals surface area contributed by atoms with Gasteiger partial charge < -0.3 is 4.74 Å². The lowest BCUT2D eigenvalue weighted by atomic mass is 10.1. The Hall–Kier alpha value is -0.560. The summed E-state index contributed by atoms with van der Waals surface area (Å²) in [5, 5.41) is 0. The summed E-state index contributed by atoms with van der Waals surface area (Å²) in [5.74, 6) is 0. The maximum absolute atomic E-state index is 6.26. The quantitative estimate of drug-likeness (QED) is 0.0678.